The zero-order chi connectivity index (χ0) is 13.1. The number of esters is 1. The monoisotopic (exact) mass is 299 g/mol. The molecule has 1 rings (SSSR count). The van der Waals surface area contributed by atoms with Crippen molar-refractivity contribution in [2.24, 2.45) is 5.41 Å². The minimum Gasteiger partial charge on any atom is -0.469 e. The minimum atomic E-state index is -0.532. The molecular weight excluding hydrogens is 282 g/mol. The van der Waals surface area contributed by atoms with Crippen LogP contribution in [0.1, 0.15) is 19.4 Å². The fourth-order valence-electron chi connectivity index (χ4n) is 1.43. The third-order valence-corrected chi connectivity index (χ3v) is 3.52. The van der Waals surface area contributed by atoms with Gasteiger partial charge in [0.05, 0.1) is 12.5 Å². The SMILES string of the molecule is COC(=O)C(C)(C)CNc1ccc(Br)c(C)c1. The summed E-state index contributed by atoms with van der Waals surface area (Å²) in [5.74, 6) is -0.209. The van der Waals surface area contributed by atoms with Crippen molar-refractivity contribution in [3.8, 4) is 0 Å². The van der Waals surface area contributed by atoms with Crippen molar-refractivity contribution in [2.45, 2.75) is 20.8 Å². The number of carbonyl (C=O) groups excluding carboxylic acids is 1. The predicted molar refractivity (Wildman–Crippen MR) is 73.2 cm³/mol. The molecule has 0 saturated carbocycles. The topological polar surface area (TPSA) is 38.3 Å². The fraction of sp³-hybridized carbons (Fsp3) is 0.462. The molecule has 0 amide bonds. The van der Waals surface area contributed by atoms with Gasteiger partial charge in [-0.2, -0.15) is 0 Å². The number of nitrogens with one attached hydrogen (secondary N) is 1. The highest BCUT2D eigenvalue weighted by Crippen LogP contribution is 2.22. The predicted octanol–water partition coefficient (Wildman–Crippen LogP) is 3.37. The summed E-state index contributed by atoms with van der Waals surface area (Å²) in [6.07, 6.45) is 0. The molecule has 0 aliphatic carbocycles. The number of rotatable bonds is 4. The van der Waals surface area contributed by atoms with Crippen LogP contribution in [0, 0.1) is 12.3 Å². The molecule has 0 spiro atoms. The van der Waals surface area contributed by atoms with E-state index in [2.05, 4.69) is 21.2 Å². The standard InChI is InChI=1S/C13H18BrNO2/c1-9-7-10(5-6-11(9)14)15-8-13(2,3)12(16)17-4/h5-7,15H,8H2,1-4H3. The van der Waals surface area contributed by atoms with Crippen LogP contribution in [-0.4, -0.2) is 19.6 Å². The summed E-state index contributed by atoms with van der Waals surface area (Å²) in [6.45, 7) is 6.29. The first-order valence-corrected chi connectivity index (χ1v) is 6.24. The molecule has 1 aromatic rings. The Labute approximate surface area is 111 Å². The molecule has 0 radical (unpaired) electrons. The Bertz CT molecular complexity index is 416. The third-order valence-electron chi connectivity index (χ3n) is 2.63. The Kier molecular flexibility index (Phi) is 4.57. The van der Waals surface area contributed by atoms with Crippen LogP contribution >= 0.6 is 15.9 Å². The fourth-order valence-corrected chi connectivity index (χ4v) is 1.67. The molecule has 0 atom stereocenters. The molecule has 0 saturated heterocycles. The molecule has 0 fully saturated rings. The summed E-state index contributed by atoms with van der Waals surface area (Å²) < 4.78 is 5.84. The zero-order valence-corrected chi connectivity index (χ0v) is 12.2. The molecule has 0 aliphatic heterocycles. The molecular formula is C13H18BrNO2. The third kappa shape index (κ3) is 3.73. The van der Waals surface area contributed by atoms with Gasteiger partial charge in [-0.1, -0.05) is 15.9 Å². The van der Waals surface area contributed by atoms with E-state index in [0.717, 1.165) is 15.7 Å². The van der Waals surface area contributed by atoms with Crippen LogP contribution in [0.2, 0.25) is 0 Å². The molecule has 1 aromatic carbocycles. The number of hydrogen-bond acceptors (Lipinski definition) is 3. The summed E-state index contributed by atoms with van der Waals surface area (Å²) >= 11 is 3.45. The molecule has 3 nitrogen and oxygen atoms in total. The maximum atomic E-state index is 11.5. The maximum absolute atomic E-state index is 11.5. The molecule has 0 aromatic heterocycles. The Balaban J connectivity index is 2.67. The Hall–Kier alpha value is -1.03. The second kappa shape index (κ2) is 5.54. The largest absolute Gasteiger partial charge is 0.469 e. The smallest absolute Gasteiger partial charge is 0.313 e. The Morgan fingerprint density at radius 1 is 1.47 bits per heavy atom. The van der Waals surface area contributed by atoms with Gasteiger partial charge in [-0.3, -0.25) is 4.79 Å². The van der Waals surface area contributed by atoms with Gasteiger partial charge < -0.3 is 10.1 Å². The summed E-state index contributed by atoms with van der Waals surface area (Å²) in [4.78, 5) is 11.5. The van der Waals surface area contributed by atoms with E-state index < -0.39 is 5.41 Å². The van der Waals surface area contributed by atoms with Gasteiger partial charge >= 0.3 is 5.97 Å². The lowest BCUT2D eigenvalue weighted by molar-refractivity contribution is -0.149. The van der Waals surface area contributed by atoms with Crippen molar-refractivity contribution < 1.29 is 9.53 Å². The number of methoxy groups -OCH3 is 1. The van der Waals surface area contributed by atoms with Crippen molar-refractivity contribution in [3.05, 3.63) is 28.2 Å². The number of carbonyl (C=O) groups is 1. The summed E-state index contributed by atoms with van der Waals surface area (Å²) in [5.41, 5.74) is 1.63. The van der Waals surface area contributed by atoms with Gasteiger partial charge in [0, 0.05) is 16.7 Å². The van der Waals surface area contributed by atoms with Gasteiger partial charge in [0.25, 0.3) is 0 Å². The molecule has 0 unspecified atom stereocenters. The van der Waals surface area contributed by atoms with E-state index in [0.29, 0.717) is 6.54 Å². The van der Waals surface area contributed by atoms with Crippen LogP contribution in [0.3, 0.4) is 0 Å². The highest BCUT2D eigenvalue weighted by atomic mass is 79.9. The first-order valence-electron chi connectivity index (χ1n) is 5.45. The van der Waals surface area contributed by atoms with E-state index >= 15 is 0 Å². The van der Waals surface area contributed by atoms with Crippen LogP contribution in [0.5, 0.6) is 0 Å². The number of hydrogen-bond donors (Lipinski definition) is 1. The highest BCUT2D eigenvalue weighted by Gasteiger charge is 2.28. The lowest BCUT2D eigenvalue weighted by atomic mass is 9.93. The van der Waals surface area contributed by atoms with Crippen LogP contribution in [-0.2, 0) is 9.53 Å². The summed E-state index contributed by atoms with van der Waals surface area (Å²) in [6, 6.07) is 6.00. The van der Waals surface area contributed by atoms with Gasteiger partial charge in [0.15, 0.2) is 0 Å². The van der Waals surface area contributed by atoms with E-state index in [1.807, 2.05) is 39.0 Å². The average molecular weight is 300 g/mol. The van der Waals surface area contributed by atoms with E-state index in [1.165, 1.54) is 7.11 Å². The second-order valence-corrected chi connectivity index (χ2v) is 5.55. The van der Waals surface area contributed by atoms with Gasteiger partial charge in [-0.25, -0.2) is 0 Å². The molecule has 1 N–H and O–H groups in total. The molecule has 4 heteroatoms. The average Bonchev–Trinajstić information content (AvgIpc) is 2.29. The van der Waals surface area contributed by atoms with Crippen LogP contribution in [0.25, 0.3) is 0 Å². The highest BCUT2D eigenvalue weighted by molar-refractivity contribution is 9.10. The molecule has 94 valence electrons. The van der Waals surface area contributed by atoms with Crippen molar-refractivity contribution in [3.63, 3.8) is 0 Å². The van der Waals surface area contributed by atoms with Gasteiger partial charge in [0.1, 0.15) is 0 Å². The maximum Gasteiger partial charge on any atom is 0.313 e. The summed E-state index contributed by atoms with van der Waals surface area (Å²) in [5, 5.41) is 3.25. The van der Waals surface area contributed by atoms with Crippen LogP contribution in [0.4, 0.5) is 5.69 Å². The minimum absolute atomic E-state index is 0.209. The first kappa shape index (κ1) is 14.0. The van der Waals surface area contributed by atoms with Gasteiger partial charge in [-0.05, 0) is 44.5 Å². The first-order chi connectivity index (χ1) is 7.86. The quantitative estimate of drug-likeness (QED) is 0.866. The van der Waals surface area contributed by atoms with Crippen molar-refractivity contribution in [2.75, 3.05) is 19.0 Å². The van der Waals surface area contributed by atoms with E-state index in [-0.39, 0.29) is 5.97 Å². The van der Waals surface area contributed by atoms with E-state index in [1.54, 1.807) is 0 Å². The van der Waals surface area contributed by atoms with Gasteiger partial charge in [-0.15, -0.1) is 0 Å². The lowest BCUT2D eigenvalue weighted by Gasteiger charge is -2.22. The number of ether oxygens (including phenoxy) is 1. The van der Waals surface area contributed by atoms with Crippen molar-refractivity contribution in [1.82, 2.24) is 0 Å². The summed E-state index contributed by atoms with van der Waals surface area (Å²) in [7, 11) is 1.41. The van der Waals surface area contributed by atoms with Crippen LogP contribution < -0.4 is 5.32 Å². The number of halogens is 1. The number of anilines is 1. The van der Waals surface area contributed by atoms with E-state index in [4.69, 9.17) is 4.74 Å². The lowest BCUT2D eigenvalue weighted by Crippen LogP contribution is -2.33. The molecule has 17 heavy (non-hydrogen) atoms. The zero-order valence-electron chi connectivity index (χ0n) is 10.6. The van der Waals surface area contributed by atoms with Crippen LogP contribution in [0.15, 0.2) is 22.7 Å². The normalized spacial score (nSPS) is 11.1. The number of aryl methyl sites for hydroxylation is 1. The Morgan fingerprint density at radius 3 is 2.65 bits per heavy atom. The van der Waals surface area contributed by atoms with Crippen molar-refractivity contribution in [1.29, 1.82) is 0 Å². The van der Waals surface area contributed by atoms with Gasteiger partial charge in [0.2, 0.25) is 0 Å². The van der Waals surface area contributed by atoms with Crippen molar-refractivity contribution >= 4 is 27.6 Å². The molecule has 0 heterocycles. The second-order valence-electron chi connectivity index (χ2n) is 4.69. The molecule has 0 aliphatic rings. The molecule has 0 bridgehead atoms. The Morgan fingerprint density at radius 2 is 2.12 bits per heavy atom. The number of benzene rings is 1. The van der Waals surface area contributed by atoms with E-state index in [9.17, 15) is 4.79 Å².